The average molecular weight is 1190 g/mol. The van der Waals surface area contributed by atoms with Gasteiger partial charge in [0.15, 0.2) is 13.1 Å². The summed E-state index contributed by atoms with van der Waals surface area (Å²) in [5, 5.41) is 21.9. The number of rotatable bonds is 55. The van der Waals surface area contributed by atoms with Gasteiger partial charge in [0.2, 0.25) is 0 Å². The van der Waals surface area contributed by atoms with Crippen LogP contribution in [0.4, 0.5) is 0 Å². The Morgan fingerprint density at radius 3 is 0.925 bits per heavy atom. The summed E-state index contributed by atoms with van der Waals surface area (Å²) in [5.41, 5.74) is 0. The molecule has 0 aromatic heterocycles. The maximum atomic E-state index is 12.8. The molecule has 80 heavy (non-hydrogen) atoms. The van der Waals surface area contributed by atoms with E-state index in [9.17, 15) is 39.0 Å². The summed E-state index contributed by atoms with van der Waals surface area (Å²) in [6, 6.07) is 0. The van der Waals surface area contributed by atoms with Crippen LogP contribution in [-0.4, -0.2) is 160 Å². The number of ether oxygens (including phenoxy) is 6. The maximum Gasteiger partial charge on any atom is 0.362 e. The van der Waals surface area contributed by atoms with Gasteiger partial charge in [-0.05, 0) is 64.2 Å². The summed E-state index contributed by atoms with van der Waals surface area (Å²) < 4.78 is 33.3. The highest BCUT2D eigenvalue weighted by Crippen LogP contribution is 2.21. The minimum atomic E-state index is -0.679. The molecular formula is C62H118Cl2N2O14. The number of quaternary nitrogens is 2. The molecule has 0 heterocycles. The van der Waals surface area contributed by atoms with Gasteiger partial charge in [-0.3, -0.25) is 19.2 Å². The molecule has 18 heteroatoms. The van der Waals surface area contributed by atoms with Crippen molar-refractivity contribution in [1.29, 1.82) is 0 Å². The third-order valence-electron chi connectivity index (χ3n) is 14.6. The lowest BCUT2D eigenvalue weighted by atomic mass is 10.00. The van der Waals surface area contributed by atoms with Crippen molar-refractivity contribution < 1.29 is 101 Å². The van der Waals surface area contributed by atoms with Crippen LogP contribution in [0.5, 0.6) is 0 Å². The molecule has 474 valence electrons. The molecule has 4 atom stereocenters. The first-order valence-electron chi connectivity index (χ1n) is 31.3. The van der Waals surface area contributed by atoms with Crippen molar-refractivity contribution in [2.75, 3.05) is 80.8 Å². The molecule has 4 unspecified atom stereocenters. The zero-order valence-corrected chi connectivity index (χ0v) is 53.4. The van der Waals surface area contributed by atoms with E-state index in [1.807, 2.05) is 28.2 Å². The molecule has 0 saturated carbocycles. The summed E-state index contributed by atoms with van der Waals surface area (Å²) in [6.45, 7) is 9.76. The number of aliphatic hydroxyl groups excluding tert-OH is 2. The zero-order chi connectivity index (χ0) is 58.1. The molecule has 0 fully saturated rings. The Morgan fingerprint density at radius 1 is 0.350 bits per heavy atom. The predicted molar refractivity (Wildman–Crippen MR) is 308 cm³/mol. The number of halogens is 2. The van der Waals surface area contributed by atoms with Gasteiger partial charge in [-0.1, -0.05) is 168 Å². The molecule has 0 radical (unpaired) electrons. The number of aliphatic hydroxyl groups is 2. The first-order valence-corrected chi connectivity index (χ1v) is 31.3. The highest BCUT2D eigenvalue weighted by Gasteiger charge is 2.29. The van der Waals surface area contributed by atoms with E-state index < -0.39 is 24.4 Å². The standard InChI is InChI=1S/C62H118N2O14.2ClH/c1-9-11-31-41-57(77-61(71)51-63(5,6)45-49-73-53(3)65)55(67)39-33-25-19-13-15-21-27-35-43-59(69)75-47-37-29-23-17-18-24-30-38-48-76-60(70)44-36-28-22-16-14-20-26-34-40-56(68)58(42-32-12-10-2)78-62(72)52-64(7,8)46-50-74-54(4)66;;/h55-58,67-68H,9-52H2,1-8H3;2*1H/q+2;;/p-2. The SMILES string of the molecule is CCCCCC(OC(=O)C[N+](C)(C)CCOC(C)=O)C(O)CCCCCCCCCCC(=O)OCCCCCCCCCCOC(=O)CCCCCCCCCCC(O)C(CCCCC)OC(=O)C[N+](C)(C)CCOC(C)=O.[Cl-].[Cl-]. The third-order valence-corrected chi connectivity index (χ3v) is 14.6. The molecule has 0 saturated heterocycles. The number of hydrogen-bond acceptors (Lipinski definition) is 14. The number of carbonyl (C=O) groups excluding carboxylic acids is 6. The van der Waals surface area contributed by atoms with Crippen LogP contribution in [0, 0.1) is 0 Å². The quantitative estimate of drug-likeness (QED) is 0.0312. The van der Waals surface area contributed by atoms with Crippen molar-refractivity contribution in [3.8, 4) is 0 Å². The minimum absolute atomic E-state index is 0. The Balaban J connectivity index is -0.0000296. The second kappa shape index (κ2) is 54.2. The van der Waals surface area contributed by atoms with E-state index in [1.54, 1.807) is 0 Å². The number of unbranched alkanes of at least 4 members (excludes halogenated alkanes) is 25. The molecule has 0 aliphatic carbocycles. The van der Waals surface area contributed by atoms with Crippen LogP contribution in [0.1, 0.15) is 259 Å². The van der Waals surface area contributed by atoms with Crippen LogP contribution in [0.15, 0.2) is 0 Å². The summed E-state index contributed by atoms with van der Waals surface area (Å²) in [7, 11) is 7.59. The van der Waals surface area contributed by atoms with Crippen LogP contribution in [-0.2, 0) is 57.2 Å². The average Bonchev–Trinajstić information content (AvgIpc) is 3.36. The summed E-state index contributed by atoms with van der Waals surface area (Å²) in [4.78, 5) is 72.2. The normalized spacial score (nSPS) is 13.0. The number of esters is 6. The second-order valence-electron chi connectivity index (χ2n) is 23.5. The lowest BCUT2D eigenvalue weighted by Crippen LogP contribution is -3.00. The van der Waals surface area contributed by atoms with E-state index in [0.717, 1.165) is 193 Å². The minimum Gasteiger partial charge on any atom is -1.00 e. The smallest absolute Gasteiger partial charge is 0.362 e. The first kappa shape index (κ1) is 81.5. The Labute approximate surface area is 498 Å². The van der Waals surface area contributed by atoms with Gasteiger partial charge in [0.1, 0.15) is 38.5 Å². The third kappa shape index (κ3) is 53.3. The van der Waals surface area contributed by atoms with E-state index in [2.05, 4.69) is 13.8 Å². The van der Waals surface area contributed by atoms with E-state index in [4.69, 9.17) is 28.4 Å². The summed E-state index contributed by atoms with van der Waals surface area (Å²) in [6.07, 6.45) is 32.1. The van der Waals surface area contributed by atoms with Crippen molar-refractivity contribution in [3.05, 3.63) is 0 Å². The van der Waals surface area contributed by atoms with Gasteiger partial charge in [0.25, 0.3) is 0 Å². The largest absolute Gasteiger partial charge is 1.00 e. The van der Waals surface area contributed by atoms with Gasteiger partial charge in [0.05, 0.1) is 53.6 Å². The maximum absolute atomic E-state index is 12.8. The van der Waals surface area contributed by atoms with Gasteiger partial charge < -0.3 is 72.4 Å². The molecule has 0 bridgehead atoms. The van der Waals surface area contributed by atoms with E-state index in [0.29, 0.717) is 73.8 Å². The van der Waals surface area contributed by atoms with Gasteiger partial charge >= 0.3 is 35.8 Å². The van der Waals surface area contributed by atoms with Crippen LogP contribution in [0.25, 0.3) is 0 Å². The molecular weight excluding hydrogens is 1070 g/mol. The van der Waals surface area contributed by atoms with Crippen molar-refractivity contribution in [2.24, 2.45) is 0 Å². The topological polar surface area (TPSA) is 198 Å². The van der Waals surface area contributed by atoms with E-state index in [-0.39, 0.29) is 86.9 Å². The molecule has 0 aromatic carbocycles. The van der Waals surface area contributed by atoms with Gasteiger partial charge in [-0.15, -0.1) is 0 Å². The van der Waals surface area contributed by atoms with E-state index >= 15 is 0 Å². The highest BCUT2D eigenvalue weighted by atomic mass is 35.5. The van der Waals surface area contributed by atoms with Crippen LogP contribution < -0.4 is 24.8 Å². The number of likely N-dealkylation sites (N-methyl/N-ethyl adjacent to an activating group) is 2. The molecule has 0 aromatic rings. The Morgan fingerprint density at radius 2 is 0.625 bits per heavy atom. The Hall–Kier alpha value is -2.76. The second-order valence-corrected chi connectivity index (χ2v) is 23.5. The zero-order valence-electron chi connectivity index (χ0n) is 51.9. The molecule has 0 spiro atoms. The van der Waals surface area contributed by atoms with Crippen LogP contribution in [0.3, 0.4) is 0 Å². The van der Waals surface area contributed by atoms with Crippen molar-refractivity contribution >= 4 is 35.8 Å². The Bertz CT molecular complexity index is 1430. The fourth-order valence-corrected chi connectivity index (χ4v) is 9.51. The fourth-order valence-electron chi connectivity index (χ4n) is 9.51. The number of hydrogen-bond donors (Lipinski definition) is 2. The fraction of sp³-hybridized carbons (Fsp3) is 0.903. The van der Waals surface area contributed by atoms with Gasteiger partial charge in [0, 0.05) is 26.7 Å². The Kier molecular flexibility index (Phi) is 55.2. The van der Waals surface area contributed by atoms with Crippen LogP contribution >= 0.6 is 0 Å². The monoisotopic (exact) mass is 1180 g/mol. The lowest BCUT2D eigenvalue weighted by molar-refractivity contribution is -0.883. The summed E-state index contributed by atoms with van der Waals surface area (Å²) in [5.74, 6) is -1.55. The molecule has 0 aliphatic heterocycles. The summed E-state index contributed by atoms with van der Waals surface area (Å²) >= 11 is 0. The van der Waals surface area contributed by atoms with Crippen LogP contribution in [0.2, 0.25) is 0 Å². The van der Waals surface area contributed by atoms with Crippen molar-refractivity contribution in [2.45, 2.75) is 283 Å². The van der Waals surface area contributed by atoms with E-state index in [1.165, 1.54) is 13.8 Å². The van der Waals surface area contributed by atoms with Crippen molar-refractivity contribution in [3.63, 3.8) is 0 Å². The highest BCUT2D eigenvalue weighted by molar-refractivity contribution is 5.71. The number of nitrogens with zero attached hydrogens (tertiary/aromatic N) is 2. The predicted octanol–water partition coefficient (Wildman–Crippen LogP) is 5.99. The van der Waals surface area contributed by atoms with Gasteiger partial charge in [-0.25, -0.2) is 9.59 Å². The molecule has 2 N–H and O–H groups in total. The van der Waals surface area contributed by atoms with Crippen molar-refractivity contribution in [1.82, 2.24) is 0 Å². The van der Waals surface area contributed by atoms with Gasteiger partial charge in [-0.2, -0.15) is 0 Å². The first-order chi connectivity index (χ1) is 37.3. The molecule has 0 rings (SSSR count). The molecule has 0 aliphatic rings. The molecule has 0 amide bonds. The molecule has 16 nitrogen and oxygen atoms in total. The lowest BCUT2D eigenvalue weighted by Gasteiger charge is -2.30. The number of carbonyl (C=O) groups is 6.